The number of anilines is 1. The summed E-state index contributed by atoms with van der Waals surface area (Å²) in [7, 11) is 0. The lowest BCUT2D eigenvalue weighted by molar-refractivity contribution is 0.471. The van der Waals surface area contributed by atoms with Crippen LogP contribution in [0.15, 0.2) is 6.07 Å². The van der Waals surface area contributed by atoms with Crippen molar-refractivity contribution in [1.82, 2.24) is 9.97 Å². The van der Waals surface area contributed by atoms with Gasteiger partial charge in [0.05, 0.1) is 0 Å². The SMILES string of the molecule is CSC1CCC(Nc2nc(C)cc(C(C)C)n2)CC1. The molecule has 2 rings (SSSR count). The third-order valence-corrected chi connectivity index (χ3v) is 4.94. The van der Waals surface area contributed by atoms with Gasteiger partial charge in [0.25, 0.3) is 0 Å². The highest BCUT2D eigenvalue weighted by Gasteiger charge is 2.21. The average molecular weight is 279 g/mol. The molecule has 0 radical (unpaired) electrons. The zero-order valence-electron chi connectivity index (χ0n) is 12.4. The fraction of sp³-hybridized carbons (Fsp3) is 0.733. The molecule has 1 aliphatic rings. The maximum absolute atomic E-state index is 4.64. The van der Waals surface area contributed by atoms with Crippen LogP contribution in [0.1, 0.15) is 56.8 Å². The van der Waals surface area contributed by atoms with E-state index in [1.165, 1.54) is 25.7 Å². The molecular formula is C15H25N3S. The summed E-state index contributed by atoms with van der Waals surface area (Å²) in [4.78, 5) is 9.16. The number of hydrogen-bond acceptors (Lipinski definition) is 4. The summed E-state index contributed by atoms with van der Waals surface area (Å²) in [6.45, 7) is 6.40. The van der Waals surface area contributed by atoms with E-state index in [0.717, 1.165) is 22.6 Å². The lowest BCUT2D eigenvalue weighted by Crippen LogP contribution is -2.28. The standard InChI is InChI=1S/C15H25N3S/c1-10(2)14-9-11(3)16-15(18-14)17-12-5-7-13(19-4)8-6-12/h9-10,12-13H,5-8H2,1-4H3,(H,16,17,18). The Hall–Kier alpha value is -0.770. The molecule has 0 unspecified atom stereocenters. The first-order valence-corrected chi connectivity index (χ1v) is 8.52. The van der Waals surface area contributed by atoms with Crippen molar-refractivity contribution in [2.75, 3.05) is 11.6 Å². The van der Waals surface area contributed by atoms with Crippen LogP contribution in [0.25, 0.3) is 0 Å². The van der Waals surface area contributed by atoms with E-state index in [0.29, 0.717) is 12.0 Å². The lowest BCUT2D eigenvalue weighted by Gasteiger charge is -2.28. The minimum absolute atomic E-state index is 0.453. The fourth-order valence-corrected chi connectivity index (χ4v) is 3.32. The molecule has 3 nitrogen and oxygen atoms in total. The van der Waals surface area contributed by atoms with E-state index in [2.05, 4.69) is 41.5 Å². The Bertz CT molecular complexity index is 412. The van der Waals surface area contributed by atoms with Gasteiger partial charge >= 0.3 is 0 Å². The molecular weight excluding hydrogens is 254 g/mol. The topological polar surface area (TPSA) is 37.8 Å². The number of thioether (sulfide) groups is 1. The van der Waals surface area contributed by atoms with Crippen molar-refractivity contribution in [3.63, 3.8) is 0 Å². The molecule has 0 saturated heterocycles. The zero-order chi connectivity index (χ0) is 13.8. The molecule has 0 aromatic carbocycles. The van der Waals surface area contributed by atoms with Crippen LogP contribution in [-0.4, -0.2) is 27.5 Å². The minimum atomic E-state index is 0.453. The van der Waals surface area contributed by atoms with Crippen molar-refractivity contribution in [1.29, 1.82) is 0 Å². The Morgan fingerprint density at radius 2 is 1.89 bits per heavy atom. The van der Waals surface area contributed by atoms with Crippen molar-refractivity contribution in [2.45, 2.75) is 63.7 Å². The molecule has 0 amide bonds. The Morgan fingerprint density at radius 1 is 1.21 bits per heavy atom. The van der Waals surface area contributed by atoms with Gasteiger partial charge < -0.3 is 5.32 Å². The zero-order valence-corrected chi connectivity index (χ0v) is 13.3. The number of aromatic nitrogens is 2. The average Bonchev–Trinajstić information content (AvgIpc) is 2.39. The Labute approximate surface area is 121 Å². The molecule has 106 valence electrons. The van der Waals surface area contributed by atoms with Crippen LogP contribution in [0.3, 0.4) is 0 Å². The van der Waals surface area contributed by atoms with Crippen molar-refractivity contribution in [3.05, 3.63) is 17.5 Å². The highest BCUT2D eigenvalue weighted by atomic mass is 32.2. The first-order valence-electron chi connectivity index (χ1n) is 7.23. The van der Waals surface area contributed by atoms with Crippen LogP contribution in [0, 0.1) is 6.92 Å². The molecule has 1 aromatic heterocycles. The summed E-state index contributed by atoms with van der Waals surface area (Å²) in [5, 5.41) is 4.38. The lowest BCUT2D eigenvalue weighted by atomic mass is 9.95. The second-order valence-electron chi connectivity index (χ2n) is 5.77. The maximum atomic E-state index is 4.64. The molecule has 1 saturated carbocycles. The van der Waals surface area contributed by atoms with E-state index in [1.807, 2.05) is 18.7 Å². The third kappa shape index (κ3) is 4.10. The monoisotopic (exact) mass is 279 g/mol. The second kappa shape index (κ2) is 6.60. The molecule has 1 heterocycles. The Kier molecular flexibility index (Phi) is 5.08. The summed E-state index contributed by atoms with van der Waals surface area (Å²) in [5.74, 6) is 1.27. The maximum Gasteiger partial charge on any atom is 0.223 e. The minimum Gasteiger partial charge on any atom is -0.351 e. The van der Waals surface area contributed by atoms with Gasteiger partial charge in [0.15, 0.2) is 0 Å². The van der Waals surface area contributed by atoms with Crippen molar-refractivity contribution >= 4 is 17.7 Å². The van der Waals surface area contributed by atoms with Gasteiger partial charge in [-0.25, -0.2) is 9.97 Å². The molecule has 0 atom stereocenters. The molecule has 1 aromatic rings. The van der Waals surface area contributed by atoms with Crippen molar-refractivity contribution in [3.8, 4) is 0 Å². The van der Waals surface area contributed by atoms with Crippen LogP contribution in [0.2, 0.25) is 0 Å². The predicted octanol–water partition coefficient (Wildman–Crippen LogP) is 3.99. The number of nitrogens with zero attached hydrogens (tertiary/aromatic N) is 2. The summed E-state index contributed by atoms with van der Waals surface area (Å²) in [5.41, 5.74) is 2.19. The Balaban J connectivity index is 1.99. The van der Waals surface area contributed by atoms with E-state index < -0.39 is 0 Å². The summed E-state index contributed by atoms with van der Waals surface area (Å²) in [6.07, 6.45) is 7.31. The van der Waals surface area contributed by atoms with Gasteiger partial charge in [0.2, 0.25) is 5.95 Å². The van der Waals surface area contributed by atoms with Gasteiger partial charge in [0, 0.05) is 22.7 Å². The third-order valence-electron chi connectivity index (χ3n) is 3.81. The number of hydrogen-bond donors (Lipinski definition) is 1. The van der Waals surface area contributed by atoms with E-state index in [1.54, 1.807) is 0 Å². The smallest absolute Gasteiger partial charge is 0.223 e. The van der Waals surface area contributed by atoms with E-state index in [9.17, 15) is 0 Å². The molecule has 4 heteroatoms. The highest BCUT2D eigenvalue weighted by Crippen LogP contribution is 2.28. The van der Waals surface area contributed by atoms with Crippen molar-refractivity contribution < 1.29 is 0 Å². The van der Waals surface area contributed by atoms with Crippen LogP contribution in [0.5, 0.6) is 0 Å². The molecule has 1 N–H and O–H groups in total. The van der Waals surface area contributed by atoms with Gasteiger partial charge in [-0.1, -0.05) is 13.8 Å². The summed E-state index contributed by atoms with van der Waals surface area (Å²) in [6, 6.07) is 2.63. The largest absolute Gasteiger partial charge is 0.351 e. The molecule has 1 aliphatic carbocycles. The van der Waals surface area contributed by atoms with Gasteiger partial charge in [0.1, 0.15) is 0 Å². The Morgan fingerprint density at radius 3 is 2.47 bits per heavy atom. The van der Waals surface area contributed by atoms with E-state index in [4.69, 9.17) is 0 Å². The highest BCUT2D eigenvalue weighted by molar-refractivity contribution is 7.99. The quantitative estimate of drug-likeness (QED) is 0.904. The first-order chi connectivity index (χ1) is 9.08. The van der Waals surface area contributed by atoms with Crippen molar-refractivity contribution in [2.24, 2.45) is 0 Å². The van der Waals surface area contributed by atoms with Crippen LogP contribution >= 0.6 is 11.8 Å². The van der Waals surface area contributed by atoms with Gasteiger partial charge in [-0.15, -0.1) is 0 Å². The number of aryl methyl sites for hydroxylation is 1. The van der Waals surface area contributed by atoms with E-state index >= 15 is 0 Å². The number of nitrogens with one attached hydrogen (secondary N) is 1. The van der Waals surface area contributed by atoms with Crippen LogP contribution in [-0.2, 0) is 0 Å². The molecule has 19 heavy (non-hydrogen) atoms. The molecule has 0 spiro atoms. The van der Waals surface area contributed by atoms with E-state index in [-0.39, 0.29) is 0 Å². The van der Waals surface area contributed by atoms with Crippen LogP contribution in [0.4, 0.5) is 5.95 Å². The fourth-order valence-electron chi connectivity index (χ4n) is 2.58. The molecule has 0 aliphatic heterocycles. The summed E-state index contributed by atoms with van der Waals surface area (Å²) < 4.78 is 0. The first kappa shape index (κ1) is 14.6. The normalized spacial score (nSPS) is 23.6. The molecule has 0 bridgehead atoms. The molecule has 1 fully saturated rings. The van der Waals surface area contributed by atoms with Crippen LogP contribution < -0.4 is 5.32 Å². The van der Waals surface area contributed by atoms with Gasteiger partial charge in [-0.2, -0.15) is 11.8 Å². The summed E-state index contributed by atoms with van der Waals surface area (Å²) >= 11 is 2.00. The van der Waals surface area contributed by atoms with Gasteiger partial charge in [-0.05, 0) is 50.8 Å². The predicted molar refractivity (Wildman–Crippen MR) is 84.0 cm³/mol. The van der Waals surface area contributed by atoms with Gasteiger partial charge in [-0.3, -0.25) is 0 Å². The second-order valence-corrected chi connectivity index (χ2v) is 6.90. The number of rotatable bonds is 4.